The van der Waals surface area contributed by atoms with Crippen LogP contribution in [0.5, 0.6) is 0 Å². The third-order valence-electron chi connectivity index (χ3n) is 7.91. The van der Waals surface area contributed by atoms with Crippen LogP contribution in [-0.2, 0) is 30.4 Å². The number of aliphatic imine (C=N–C) groups is 2. The predicted molar refractivity (Wildman–Crippen MR) is 192 cm³/mol. The quantitative estimate of drug-likeness (QED) is 0.0366. The number of carboxylic acids is 1. The zero-order valence-corrected chi connectivity index (χ0v) is 29.6. The smallest absolute Gasteiger partial charge is 0.326 e. The topological polar surface area (TPSA) is 309 Å². The van der Waals surface area contributed by atoms with Gasteiger partial charge in [0.1, 0.15) is 24.2 Å². The molecule has 0 spiro atoms. The zero-order chi connectivity index (χ0) is 37.8. The molecule has 4 amide bonds. The minimum absolute atomic E-state index is 0.0171. The number of guanidine groups is 2. The predicted octanol–water partition coefficient (Wildman–Crippen LogP) is -1.22. The first-order valence-electron chi connectivity index (χ1n) is 16.9. The minimum Gasteiger partial charge on any atom is -0.480 e. The van der Waals surface area contributed by atoms with Gasteiger partial charge in [0.15, 0.2) is 11.9 Å². The Bertz CT molecular complexity index is 1300. The van der Waals surface area contributed by atoms with Crippen LogP contribution in [0.2, 0.25) is 0 Å². The van der Waals surface area contributed by atoms with Crippen molar-refractivity contribution in [1.29, 1.82) is 0 Å². The van der Waals surface area contributed by atoms with Crippen LogP contribution in [-0.4, -0.2) is 89.9 Å². The molecule has 6 unspecified atom stereocenters. The number of hydrogen-bond acceptors (Lipinski definition) is 8. The summed E-state index contributed by atoms with van der Waals surface area (Å²) >= 11 is 0. The van der Waals surface area contributed by atoms with E-state index in [4.69, 9.17) is 28.7 Å². The third-order valence-corrected chi connectivity index (χ3v) is 7.91. The number of aliphatic carboxylic acids is 1. The number of rotatable bonds is 23. The standard InChI is InChI=1S/C33H57N11O6/c1-5-20(4)26(31(49)50)44-29(47)24(14-10-16-40-33(37)38)41-28(46)23(13-9-15-39-32(35)36)42-30(48)25(17-19(2)3)43-27(45)22(34)18-21-11-7-6-8-12-21/h6-8,11-12,19-20,22-26H,5,9-10,13-18,34H2,1-4H3,(H,41,46)(H,42,48)(H,43,45)(H,44,47)(H,49,50)(H4,35,36,39)(H4,37,38,40). The van der Waals surface area contributed by atoms with Crippen molar-refractivity contribution in [1.82, 2.24) is 21.3 Å². The summed E-state index contributed by atoms with van der Waals surface area (Å²) in [5.41, 5.74) is 28.7. The van der Waals surface area contributed by atoms with E-state index in [1.54, 1.807) is 13.8 Å². The molecule has 0 radical (unpaired) electrons. The van der Waals surface area contributed by atoms with Crippen molar-refractivity contribution < 1.29 is 29.1 Å². The molecule has 0 saturated carbocycles. The SMILES string of the molecule is CCC(C)C(NC(=O)C(CCCN=C(N)N)NC(=O)C(CCCN=C(N)N)NC(=O)C(CC(C)C)NC(=O)C(N)Cc1ccccc1)C(=O)O. The average Bonchev–Trinajstić information content (AvgIpc) is 3.05. The van der Waals surface area contributed by atoms with E-state index < -0.39 is 65.7 Å². The summed E-state index contributed by atoms with van der Waals surface area (Å²) < 4.78 is 0. The van der Waals surface area contributed by atoms with Gasteiger partial charge in [0.25, 0.3) is 0 Å². The van der Waals surface area contributed by atoms with Gasteiger partial charge < -0.3 is 55.0 Å². The Labute approximate surface area is 294 Å². The summed E-state index contributed by atoms with van der Waals surface area (Å²) in [7, 11) is 0. The van der Waals surface area contributed by atoms with Gasteiger partial charge in [-0.05, 0) is 55.9 Å². The normalized spacial score (nSPS) is 14.5. The Balaban J connectivity index is 3.27. The van der Waals surface area contributed by atoms with Gasteiger partial charge in [0.05, 0.1) is 6.04 Å². The maximum atomic E-state index is 13.8. The van der Waals surface area contributed by atoms with Gasteiger partial charge in [-0.3, -0.25) is 29.2 Å². The molecule has 0 aliphatic carbocycles. The molecule has 17 heteroatoms. The van der Waals surface area contributed by atoms with E-state index in [0.717, 1.165) is 5.56 Å². The van der Waals surface area contributed by atoms with Crippen molar-refractivity contribution in [2.24, 2.45) is 50.5 Å². The van der Waals surface area contributed by atoms with Crippen molar-refractivity contribution in [3.05, 3.63) is 35.9 Å². The fourth-order valence-electron chi connectivity index (χ4n) is 4.97. The van der Waals surface area contributed by atoms with Gasteiger partial charge in [-0.15, -0.1) is 0 Å². The Kier molecular flexibility index (Phi) is 19.5. The summed E-state index contributed by atoms with van der Waals surface area (Å²) in [5, 5.41) is 20.4. The molecule has 1 aromatic rings. The highest BCUT2D eigenvalue weighted by Crippen LogP contribution is 2.12. The van der Waals surface area contributed by atoms with Crippen molar-refractivity contribution in [2.75, 3.05) is 13.1 Å². The van der Waals surface area contributed by atoms with Gasteiger partial charge >= 0.3 is 5.97 Å². The number of nitrogens with zero attached hydrogens (tertiary/aromatic N) is 2. The molecule has 50 heavy (non-hydrogen) atoms. The monoisotopic (exact) mass is 703 g/mol. The van der Waals surface area contributed by atoms with Crippen molar-refractivity contribution in [3.8, 4) is 0 Å². The highest BCUT2D eigenvalue weighted by atomic mass is 16.4. The van der Waals surface area contributed by atoms with Crippen LogP contribution in [0, 0.1) is 11.8 Å². The van der Waals surface area contributed by atoms with Gasteiger partial charge in [-0.1, -0.05) is 64.4 Å². The van der Waals surface area contributed by atoms with E-state index in [1.165, 1.54) is 0 Å². The number of hydrogen-bond donors (Lipinski definition) is 10. The lowest BCUT2D eigenvalue weighted by Crippen LogP contribution is -2.59. The van der Waals surface area contributed by atoms with Crippen LogP contribution in [0.3, 0.4) is 0 Å². The number of amides is 4. The highest BCUT2D eigenvalue weighted by Gasteiger charge is 2.33. The van der Waals surface area contributed by atoms with E-state index in [-0.39, 0.29) is 69.5 Å². The number of nitrogens with two attached hydrogens (primary N) is 5. The molecule has 0 aliphatic heterocycles. The van der Waals surface area contributed by atoms with Gasteiger partial charge in [0.2, 0.25) is 23.6 Å². The van der Waals surface area contributed by atoms with Crippen LogP contribution in [0.1, 0.15) is 71.8 Å². The molecular formula is C33H57N11O6. The lowest BCUT2D eigenvalue weighted by atomic mass is 9.98. The third kappa shape index (κ3) is 16.9. The summed E-state index contributed by atoms with van der Waals surface area (Å²) in [4.78, 5) is 73.7. The first-order chi connectivity index (χ1) is 23.5. The molecule has 17 nitrogen and oxygen atoms in total. The lowest BCUT2D eigenvalue weighted by Gasteiger charge is -2.27. The van der Waals surface area contributed by atoms with Crippen LogP contribution < -0.4 is 49.9 Å². The van der Waals surface area contributed by atoms with Gasteiger partial charge in [-0.25, -0.2) is 4.79 Å². The molecule has 280 valence electrons. The summed E-state index contributed by atoms with van der Waals surface area (Å²) in [6.07, 6.45) is 1.65. The van der Waals surface area contributed by atoms with Crippen LogP contribution in [0.25, 0.3) is 0 Å². The van der Waals surface area contributed by atoms with E-state index in [9.17, 15) is 29.1 Å². The van der Waals surface area contributed by atoms with E-state index in [0.29, 0.717) is 6.42 Å². The van der Waals surface area contributed by atoms with E-state index in [2.05, 4.69) is 31.3 Å². The Hall–Kier alpha value is -4.93. The van der Waals surface area contributed by atoms with Crippen LogP contribution in [0.4, 0.5) is 0 Å². The molecular weight excluding hydrogens is 646 g/mol. The number of benzene rings is 1. The Morgan fingerprint density at radius 3 is 1.62 bits per heavy atom. The number of carbonyl (C=O) groups excluding carboxylic acids is 4. The second kappa shape index (κ2) is 22.7. The number of carboxylic acid groups (broad SMARTS) is 1. The van der Waals surface area contributed by atoms with Crippen LogP contribution >= 0.6 is 0 Å². The lowest BCUT2D eigenvalue weighted by molar-refractivity contribution is -0.144. The molecule has 0 aromatic heterocycles. The first kappa shape index (κ1) is 43.1. The second-order valence-corrected chi connectivity index (χ2v) is 12.7. The van der Waals surface area contributed by atoms with Gasteiger partial charge in [0, 0.05) is 13.1 Å². The molecule has 0 heterocycles. The fourth-order valence-corrected chi connectivity index (χ4v) is 4.97. The molecule has 1 rings (SSSR count). The molecule has 0 bridgehead atoms. The van der Waals surface area contributed by atoms with Crippen LogP contribution in [0.15, 0.2) is 40.3 Å². The molecule has 0 aliphatic rings. The Morgan fingerprint density at radius 1 is 0.720 bits per heavy atom. The fraction of sp³-hybridized carbons (Fsp3) is 0.606. The second-order valence-electron chi connectivity index (χ2n) is 12.7. The minimum atomic E-state index is -1.22. The van der Waals surface area contributed by atoms with E-state index in [1.807, 2.05) is 44.2 Å². The molecule has 6 atom stereocenters. The zero-order valence-electron chi connectivity index (χ0n) is 29.6. The maximum Gasteiger partial charge on any atom is 0.326 e. The van der Waals surface area contributed by atoms with E-state index >= 15 is 0 Å². The average molecular weight is 704 g/mol. The highest BCUT2D eigenvalue weighted by molar-refractivity contribution is 5.95. The summed E-state index contributed by atoms with van der Waals surface area (Å²) in [6.45, 7) is 7.55. The summed E-state index contributed by atoms with van der Waals surface area (Å²) in [6, 6.07) is 3.68. The molecule has 1 aromatic carbocycles. The largest absolute Gasteiger partial charge is 0.480 e. The summed E-state index contributed by atoms with van der Waals surface area (Å²) in [5.74, 6) is -4.52. The van der Waals surface area contributed by atoms with Crippen molar-refractivity contribution >= 4 is 41.5 Å². The van der Waals surface area contributed by atoms with Gasteiger partial charge in [-0.2, -0.15) is 0 Å². The first-order valence-corrected chi connectivity index (χ1v) is 16.9. The van der Waals surface area contributed by atoms with Crippen molar-refractivity contribution in [2.45, 2.75) is 103 Å². The number of carbonyl (C=O) groups is 5. The van der Waals surface area contributed by atoms with Crippen molar-refractivity contribution in [3.63, 3.8) is 0 Å². The Morgan fingerprint density at radius 2 is 1.18 bits per heavy atom. The molecule has 0 saturated heterocycles. The molecule has 15 N–H and O–H groups in total. The molecule has 0 fully saturated rings. The number of nitrogens with one attached hydrogen (secondary N) is 4. The maximum absolute atomic E-state index is 13.8.